The molecular weight excluding hydrogens is 286 g/mol. The number of rotatable bonds is 5. The highest BCUT2D eigenvalue weighted by molar-refractivity contribution is 7.10. The molecular formula is C16H19NO3S. The summed E-state index contributed by atoms with van der Waals surface area (Å²) in [6, 6.07) is 9.24. The van der Waals surface area contributed by atoms with Gasteiger partial charge in [-0.25, -0.2) is 0 Å². The first-order chi connectivity index (χ1) is 10.1. The minimum Gasteiger partial charge on any atom is -0.497 e. The number of amides is 1. The molecule has 2 rings (SSSR count). The van der Waals surface area contributed by atoms with Crippen LogP contribution in [0.5, 0.6) is 11.5 Å². The standard InChI is InChI=1S/C16H19NO3S/c1-11(15-6-5-7-21-15)17(2)16(18)12-8-13(19-3)10-14(9-12)20-4/h5-11H,1-4H3/t11-/m1/s1. The van der Waals surface area contributed by atoms with Crippen molar-refractivity contribution in [2.45, 2.75) is 13.0 Å². The van der Waals surface area contributed by atoms with E-state index in [1.807, 2.05) is 24.4 Å². The lowest BCUT2D eigenvalue weighted by Gasteiger charge is -2.24. The third-order valence-corrected chi connectivity index (χ3v) is 4.50. The van der Waals surface area contributed by atoms with Gasteiger partial charge in [-0.2, -0.15) is 0 Å². The molecule has 0 aliphatic heterocycles. The molecule has 0 bridgehead atoms. The Bertz CT molecular complexity index is 588. The summed E-state index contributed by atoms with van der Waals surface area (Å²) in [5.41, 5.74) is 0.553. The number of hydrogen-bond donors (Lipinski definition) is 0. The fourth-order valence-electron chi connectivity index (χ4n) is 2.03. The van der Waals surface area contributed by atoms with Crippen molar-refractivity contribution < 1.29 is 14.3 Å². The van der Waals surface area contributed by atoms with Gasteiger partial charge in [-0.3, -0.25) is 4.79 Å². The van der Waals surface area contributed by atoms with E-state index in [9.17, 15) is 4.79 Å². The number of methoxy groups -OCH3 is 2. The summed E-state index contributed by atoms with van der Waals surface area (Å²) in [6.45, 7) is 2.02. The lowest BCUT2D eigenvalue weighted by molar-refractivity contribution is 0.0744. The van der Waals surface area contributed by atoms with E-state index < -0.39 is 0 Å². The molecule has 1 aromatic heterocycles. The van der Waals surface area contributed by atoms with Gasteiger partial charge in [0.15, 0.2) is 0 Å². The molecule has 0 unspecified atom stereocenters. The molecule has 0 radical (unpaired) electrons. The van der Waals surface area contributed by atoms with Crippen molar-refractivity contribution in [3.63, 3.8) is 0 Å². The maximum Gasteiger partial charge on any atom is 0.254 e. The molecule has 0 fully saturated rings. The molecule has 1 heterocycles. The monoisotopic (exact) mass is 305 g/mol. The highest BCUT2D eigenvalue weighted by Crippen LogP contribution is 2.27. The van der Waals surface area contributed by atoms with E-state index in [0.29, 0.717) is 17.1 Å². The summed E-state index contributed by atoms with van der Waals surface area (Å²) in [4.78, 5) is 15.5. The van der Waals surface area contributed by atoms with Gasteiger partial charge in [0.05, 0.1) is 20.3 Å². The SMILES string of the molecule is COc1cc(OC)cc(C(=O)N(C)[C@H](C)c2cccs2)c1. The van der Waals surface area contributed by atoms with Gasteiger partial charge < -0.3 is 14.4 Å². The van der Waals surface area contributed by atoms with Gasteiger partial charge in [0.2, 0.25) is 0 Å². The first-order valence-corrected chi connectivity index (χ1v) is 7.48. The second-order valence-corrected chi connectivity index (χ2v) is 5.69. The highest BCUT2D eigenvalue weighted by atomic mass is 32.1. The predicted octanol–water partition coefficient (Wildman–Crippen LogP) is 3.60. The number of hydrogen-bond acceptors (Lipinski definition) is 4. The third kappa shape index (κ3) is 3.36. The van der Waals surface area contributed by atoms with Crippen LogP contribution in [0.2, 0.25) is 0 Å². The third-order valence-electron chi connectivity index (χ3n) is 3.45. The van der Waals surface area contributed by atoms with Gasteiger partial charge in [-0.1, -0.05) is 6.07 Å². The Balaban J connectivity index is 2.26. The molecule has 2 aromatic rings. The zero-order chi connectivity index (χ0) is 15.4. The van der Waals surface area contributed by atoms with Crippen LogP contribution in [-0.4, -0.2) is 32.1 Å². The van der Waals surface area contributed by atoms with Gasteiger partial charge in [0.25, 0.3) is 5.91 Å². The van der Waals surface area contributed by atoms with Crippen LogP contribution in [0, 0.1) is 0 Å². The average Bonchev–Trinajstić information content (AvgIpc) is 3.06. The van der Waals surface area contributed by atoms with Crippen molar-refractivity contribution in [3.05, 3.63) is 46.2 Å². The summed E-state index contributed by atoms with van der Waals surface area (Å²) in [5.74, 6) is 1.15. The first kappa shape index (κ1) is 15.4. The maximum atomic E-state index is 12.6. The fourth-order valence-corrected chi connectivity index (χ4v) is 2.86. The van der Waals surface area contributed by atoms with Crippen molar-refractivity contribution in [1.29, 1.82) is 0 Å². The van der Waals surface area contributed by atoms with Crippen molar-refractivity contribution in [2.75, 3.05) is 21.3 Å². The zero-order valence-corrected chi connectivity index (χ0v) is 13.4. The number of benzene rings is 1. The van der Waals surface area contributed by atoms with Crippen LogP contribution in [0.1, 0.15) is 28.2 Å². The summed E-state index contributed by atoms with van der Waals surface area (Å²) in [7, 11) is 4.95. The van der Waals surface area contributed by atoms with Gasteiger partial charge in [0, 0.05) is 23.6 Å². The summed E-state index contributed by atoms with van der Waals surface area (Å²) < 4.78 is 10.4. The van der Waals surface area contributed by atoms with Crippen LogP contribution in [0.4, 0.5) is 0 Å². The Kier molecular flexibility index (Phi) is 4.85. The van der Waals surface area contributed by atoms with E-state index in [1.165, 1.54) is 0 Å². The van der Waals surface area contributed by atoms with E-state index in [1.54, 1.807) is 55.7 Å². The van der Waals surface area contributed by atoms with Crippen LogP contribution in [0.15, 0.2) is 35.7 Å². The molecule has 112 valence electrons. The normalized spacial score (nSPS) is 11.8. The average molecular weight is 305 g/mol. The second-order valence-electron chi connectivity index (χ2n) is 4.71. The minimum absolute atomic E-state index is 0.0229. The topological polar surface area (TPSA) is 38.8 Å². The molecule has 21 heavy (non-hydrogen) atoms. The van der Waals surface area contributed by atoms with Gasteiger partial charge in [-0.15, -0.1) is 11.3 Å². The lowest BCUT2D eigenvalue weighted by Crippen LogP contribution is -2.29. The summed E-state index contributed by atoms with van der Waals surface area (Å²) in [6.07, 6.45) is 0. The first-order valence-electron chi connectivity index (χ1n) is 6.60. The van der Waals surface area contributed by atoms with Crippen LogP contribution < -0.4 is 9.47 Å². The molecule has 1 atom stereocenters. The van der Waals surface area contributed by atoms with Crippen LogP contribution in [0.25, 0.3) is 0 Å². The second kappa shape index (κ2) is 6.63. The largest absolute Gasteiger partial charge is 0.497 e. The van der Waals surface area contributed by atoms with Crippen LogP contribution >= 0.6 is 11.3 Å². The highest BCUT2D eigenvalue weighted by Gasteiger charge is 2.20. The van der Waals surface area contributed by atoms with E-state index in [4.69, 9.17) is 9.47 Å². The number of thiophene rings is 1. The van der Waals surface area contributed by atoms with E-state index in [0.717, 1.165) is 4.88 Å². The Hall–Kier alpha value is -2.01. The molecule has 1 aromatic carbocycles. The molecule has 0 N–H and O–H groups in total. The van der Waals surface area contributed by atoms with Gasteiger partial charge in [-0.05, 0) is 30.5 Å². The fraction of sp³-hybridized carbons (Fsp3) is 0.312. The smallest absolute Gasteiger partial charge is 0.254 e. The number of carbonyl (C=O) groups excluding carboxylic acids is 1. The number of ether oxygens (including phenoxy) is 2. The van der Waals surface area contributed by atoms with Crippen LogP contribution in [0.3, 0.4) is 0 Å². The van der Waals surface area contributed by atoms with E-state index >= 15 is 0 Å². The number of nitrogens with zero attached hydrogens (tertiary/aromatic N) is 1. The van der Waals surface area contributed by atoms with E-state index in [2.05, 4.69) is 0 Å². The maximum absolute atomic E-state index is 12.6. The Morgan fingerprint density at radius 1 is 1.19 bits per heavy atom. The van der Waals surface area contributed by atoms with Gasteiger partial charge in [0.1, 0.15) is 11.5 Å². The molecule has 5 heteroatoms. The van der Waals surface area contributed by atoms with E-state index in [-0.39, 0.29) is 11.9 Å². The predicted molar refractivity (Wildman–Crippen MR) is 84.4 cm³/mol. The Labute approximate surface area is 128 Å². The van der Waals surface area contributed by atoms with Crippen LogP contribution in [-0.2, 0) is 0 Å². The molecule has 0 aliphatic rings. The summed E-state index contributed by atoms with van der Waals surface area (Å²) >= 11 is 1.64. The molecule has 4 nitrogen and oxygen atoms in total. The Morgan fingerprint density at radius 3 is 2.29 bits per heavy atom. The van der Waals surface area contributed by atoms with Crippen molar-refractivity contribution in [2.24, 2.45) is 0 Å². The van der Waals surface area contributed by atoms with Gasteiger partial charge >= 0.3 is 0 Å². The Morgan fingerprint density at radius 2 is 1.81 bits per heavy atom. The quantitative estimate of drug-likeness (QED) is 0.847. The molecule has 0 saturated carbocycles. The minimum atomic E-state index is -0.0619. The van der Waals surface area contributed by atoms with Crippen molar-refractivity contribution >= 4 is 17.2 Å². The molecule has 1 amide bonds. The molecule has 0 aliphatic carbocycles. The molecule has 0 spiro atoms. The number of carbonyl (C=O) groups is 1. The molecule has 0 saturated heterocycles. The summed E-state index contributed by atoms with van der Waals surface area (Å²) in [5, 5.41) is 2.01. The zero-order valence-electron chi connectivity index (χ0n) is 12.6. The lowest BCUT2D eigenvalue weighted by atomic mass is 10.1. The van der Waals surface area contributed by atoms with Crippen molar-refractivity contribution in [1.82, 2.24) is 4.90 Å². The van der Waals surface area contributed by atoms with Crippen molar-refractivity contribution in [3.8, 4) is 11.5 Å².